The van der Waals surface area contributed by atoms with Crippen LogP contribution < -0.4 is 10.1 Å². The van der Waals surface area contributed by atoms with Gasteiger partial charge in [-0.15, -0.1) is 0 Å². The molecule has 0 aromatic heterocycles. The van der Waals surface area contributed by atoms with Crippen molar-refractivity contribution in [1.29, 1.82) is 0 Å². The summed E-state index contributed by atoms with van der Waals surface area (Å²) in [4.78, 5) is 26.2. The van der Waals surface area contributed by atoms with Crippen molar-refractivity contribution in [3.63, 3.8) is 0 Å². The fraction of sp³-hybridized carbons (Fsp3) is 0.533. The number of carboxylic acids is 1. The number of hydrogen-bond donors (Lipinski definition) is 2. The number of hydrogen-bond acceptors (Lipinski definition) is 4. The molecule has 0 radical (unpaired) electrons. The predicted octanol–water partition coefficient (Wildman–Crippen LogP) is 7.14. The van der Waals surface area contributed by atoms with E-state index in [0.717, 1.165) is 34.5 Å². The largest absolute Gasteiger partial charge is 0.492 e. The van der Waals surface area contributed by atoms with E-state index in [1.165, 1.54) is 38.5 Å². The molecule has 0 bridgehead atoms. The molecular weight excluding hydrogens is 548 g/mol. The van der Waals surface area contributed by atoms with E-state index in [2.05, 4.69) is 21.2 Å². The number of benzene rings is 2. The molecule has 2 N–H and O–H groups in total. The van der Waals surface area contributed by atoms with E-state index in [4.69, 9.17) is 9.47 Å². The Kier molecular flexibility index (Phi) is 12.9. The molecule has 1 aliphatic carbocycles. The lowest BCUT2D eigenvalue weighted by Gasteiger charge is -2.25. The second-order valence-corrected chi connectivity index (χ2v) is 10.8. The van der Waals surface area contributed by atoms with Crippen molar-refractivity contribution in [3.05, 3.63) is 58.6 Å². The summed E-state index contributed by atoms with van der Waals surface area (Å²) in [5.41, 5.74) is 1.63. The molecule has 2 aromatic carbocycles. The Morgan fingerprint density at radius 3 is 2.39 bits per heavy atom. The van der Waals surface area contributed by atoms with Crippen LogP contribution in [0.3, 0.4) is 0 Å². The number of aliphatic carboxylic acids is 1. The maximum Gasteiger partial charge on any atom is 0.333 e. The van der Waals surface area contributed by atoms with E-state index in [9.17, 15) is 14.7 Å². The Hall–Kier alpha value is -2.58. The van der Waals surface area contributed by atoms with Gasteiger partial charge in [-0.2, -0.15) is 0 Å². The highest BCUT2D eigenvalue weighted by atomic mass is 79.9. The topological polar surface area (TPSA) is 88.1 Å². The summed E-state index contributed by atoms with van der Waals surface area (Å²) in [6.45, 7) is 3.66. The maximum absolute atomic E-state index is 13.1. The molecule has 1 aliphatic rings. The van der Waals surface area contributed by atoms with Gasteiger partial charge < -0.3 is 24.8 Å². The molecule has 208 valence electrons. The summed E-state index contributed by atoms with van der Waals surface area (Å²) < 4.78 is 12.2. The molecule has 7 nitrogen and oxygen atoms in total. The van der Waals surface area contributed by atoms with Gasteiger partial charge >= 0.3 is 12.0 Å². The van der Waals surface area contributed by atoms with Crippen molar-refractivity contribution in [1.82, 2.24) is 4.90 Å². The normalized spacial score (nSPS) is 14.6. The van der Waals surface area contributed by atoms with Crippen LogP contribution in [0.15, 0.2) is 53.0 Å². The number of carboxylic acid groups (broad SMARTS) is 1. The molecule has 3 rings (SSSR count). The van der Waals surface area contributed by atoms with E-state index < -0.39 is 12.1 Å². The summed E-state index contributed by atoms with van der Waals surface area (Å²) in [5.74, 6) is 0.564. The van der Waals surface area contributed by atoms with Crippen molar-refractivity contribution >= 4 is 33.6 Å². The highest BCUT2D eigenvalue weighted by Gasteiger charge is 2.18. The molecule has 0 heterocycles. The molecule has 1 saturated carbocycles. The number of carbonyl (C=O) groups is 2. The molecule has 0 saturated heterocycles. The van der Waals surface area contributed by atoms with Crippen LogP contribution in [-0.4, -0.2) is 54.4 Å². The van der Waals surface area contributed by atoms with Gasteiger partial charge in [-0.05, 0) is 61.2 Å². The number of carbonyl (C=O) groups excluding carboxylic acids is 1. The Labute approximate surface area is 235 Å². The standard InChI is InChI=1S/C30H41BrN2O5/c1-2-37-28(29(34)35)22-24-11-17-27(18-12-24)38-21-20-33(19-7-6-10-23-8-4-3-5-9-23)30(36)32-26-15-13-25(31)14-16-26/h11-18,23,28H,2-10,19-22H2,1H3,(H,32,36)(H,34,35). The molecule has 1 unspecified atom stereocenters. The summed E-state index contributed by atoms with van der Waals surface area (Å²) in [6.07, 6.45) is 9.59. The minimum atomic E-state index is -0.965. The van der Waals surface area contributed by atoms with Gasteiger partial charge in [0.15, 0.2) is 6.10 Å². The first kappa shape index (κ1) is 30.0. The summed E-state index contributed by atoms with van der Waals surface area (Å²) >= 11 is 3.43. The van der Waals surface area contributed by atoms with Crippen molar-refractivity contribution in [2.45, 2.75) is 70.8 Å². The monoisotopic (exact) mass is 588 g/mol. The number of amides is 2. The van der Waals surface area contributed by atoms with Gasteiger partial charge in [-0.3, -0.25) is 0 Å². The highest BCUT2D eigenvalue weighted by molar-refractivity contribution is 9.10. The number of halogens is 1. The summed E-state index contributed by atoms with van der Waals surface area (Å²) in [7, 11) is 0. The number of urea groups is 1. The van der Waals surface area contributed by atoms with Crippen molar-refractivity contribution in [2.75, 3.05) is 31.6 Å². The first-order valence-corrected chi connectivity index (χ1v) is 14.6. The van der Waals surface area contributed by atoms with Gasteiger partial charge in [0.1, 0.15) is 12.4 Å². The van der Waals surface area contributed by atoms with Gasteiger partial charge in [-0.25, -0.2) is 9.59 Å². The first-order valence-electron chi connectivity index (χ1n) is 13.8. The molecule has 8 heteroatoms. The number of anilines is 1. The quantitative estimate of drug-likeness (QED) is 0.216. The second kappa shape index (κ2) is 16.4. The van der Waals surface area contributed by atoms with E-state index in [1.54, 1.807) is 6.92 Å². The second-order valence-electron chi connectivity index (χ2n) is 9.90. The average molecular weight is 590 g/mol. The lowest BCUT2D eigenvalue weighted by molar-refractivity contribution is -0.149. The van der Waals surface area contributed by atoms with Gasteiger partial charge in [0.25, 0.3) is 0 Å². The third-order valence-corrected chi connectivity index (χ3v) is 7.54. The zero-order valence-corrected chi connectivity index (χ0v) is 24.0. The Morgan fingerprint density at radius 2 is 1.74 bits per heavy atom. The lowest BCUT2D eigenvalue weighted by atomic mass is 9.86. The molecule has 2 amide bonds. The van der Waals surface area contributed by atoms with Crippen LogP contribution in [0.4, 0.5) is 10.5 Å². The zero-order valence-electron chi connectivity index (χ0n) is 22.4. The smallest absolute Gasteiger partial charge is 0.333 e. The lowest BCUT2D eigenvalue weighted by Crippen LogP contribution is -2.38. The first-order chi connectivity index (χ1) is 18.4. The fourth-order valence-electron chi connectivity index (χ4n) is 4.89. The Balaban J connectivity index is 1.50. The predicted molar refractivity (Wildman–Crippen MR) is 154 cm³/mol. The maximum atomic E-state index is 13.1. The van der Waals surface area contributed by atoms with Gasteiger partial charge in [-0.1, -0.05) is 73.0 Å². The van der Waals surface area contributed by atoms with Crippen LogP contribution in [0.2, 0.25) is 0 Å². The van der Waals surface area contributed by atoms with Crippen molar-refractivity contribution in [3.8, 4) is 5.75 Å². The third-order valence-electron chi connectivity index (χ3n) is 7.02. The number of rotatable bonds is 15. The Morgan fingerprint density at radius 1 is 1.03 bits per heavy atom. The summed E-state index contributed by atoms with van der Waals surface area (Å²) in [6, 6.07) is 14.8. The molecule has 2 aromatic rings. The Bertz CT molecular complexity index is 977. The van der Waals surface area contributed by atoms with Crippen LogP contribution in [-0.2, 0) is 16.0 Å². The van der Waals surface area contributed by atoms with Crippen LogP contribution in [0, 0.1) is 5.92 Å². The average Bonchev–Trinajstić information content (AvgIpc) is 2.92. The van der Waals surface area contributed by atoms with E-state index >= 15 is 0 Å². The van der Waals surface area contributed by atoms with E-state index in [0.29, 0.717) is 38.5 Å². The SMILES string of the molecule is CCOC(Cc1ccc(OCCN(CCCCC2CCCCC2)C(=O)Nc2ccc(Br)cc2)cc1)C(=O)O. The van der Waals surface area contributed by atoms with Crippen LogP contribution in [0.1, 0.15) is 63.9 Å². The van der Waals surface area contributed by atoms with Gasteiger partial charge in [0.2, 0.25) is 0 Å². The van der Waals surface area contributed by atoms with Crippen molar-refractivity contribution in [2.24, 2.45) is 5.92 Å². The van der Waals surface area contributed by atoms with Gasteiger partial charge in [0, 0.05) is 29.7 Å². The number of nitrogens with zero attached hydrogens (tertiary/aromatic N) is 1. The number of unbranched alkanes of at least 4 members (excludes halogenated alkanes) is 1. The van der Waals surface area contributed by atoms with E-state index in [1.807, 2.05) is 53.4 Å². The molecule has 0 spiro atoms. The molecule has 1 atom stereocenters. The third kappa shape index (κ3) is 10.7. The molecule has 0 aliphatic heterocycles. The minimum Gasteiger partial charge on any atom is -0.492 e. The fourth-order valence-corrected chi connectivity index (χ4v) is 5.15. The van der Waals surface area contributed by atoms with Crippen LogP contribution in [0.5, 0.6) is 5.75 Å². The van der Waals surface area contributed by atoms with Gasteiger partial charge in [0.05, 0.1) is 6.54 Å². The van der Waals surface area contributed by atoms with E-state index in [-0.39, 0.29) is 6.03 Å². The van der Waals surface area contributed by atoms with Crippen LogP contribution >= 0.6 is 15.9 Å². The van der Waals surface area contributed by atoms with Crippen molar-refractivity contribution < 1.29 is 24.2 Å². The molecular formula is C30H41BrN2O5. The molecule has 38 heavy (non-hydrogen) atoms. The zero-order chi connectivity index (χ0) is 27.2. The number of ether oxygens (including phenoxy) is 2. The minimum absolute atomic E-state index is 0.125. The highest BCUT2D eigenvalue weighted by Crippen LogP contribution is 2.27. The molecule has 1 fully saturated rings. The summed E-state index contributed by atoms with van der Waals surface area (Å²) in [5, 5.41) is 12.3. The number of nitrogens with one attached hydrogen (secondary N) is 1. The van der Waals surface area contributed by atoms with Crippen LogP contribution in [0.25, 0.3) is 0 Å².